The fourth-order valence-corrected chi connectivity index (χ4v) is 3.75. The summed E-state index contributed by atoms with van der Waals surface area (Å²) < 4.78 is 0. The van der Waals surface area contributed by atoms with E-state index in [1.807, 2.05) is 32.0 Å². The first-order chi connectivity index (χ1) is 13.0. The van der Waals surface area contributed by atoms with E-state index in [0.717, 1.165) is 23.1 Å². The lowest BCUT2D eigenvalue weighted by Gasteiger charge is -2.26. The normalized spacial score (nSPS) is 16.0. The highest BCUT2D eigenvalue weighted by Crippen LogP contribution is 2.45. The van der Waals surface area contributed by atoms with Crippen molar-refractivity contribution >= 4 is 5.91 Å². The van der Waals surface area contributed by atoms with Crippen molar-refractivity contribution in [1.29, 1.82) is 0 Å². The number of amides is 1. The number of hydrogen-bond donors (Lipinski definition) is 3. The van der Waals surface area contributed by atoms with Gasteiger partial charge in [-0.2, -0.15) is 5.10 Å². The van der Waals surface area contributed by atoms with Crippen LogP contribution in [0.3, 0.4) is 0 Å². The summed E-state index contributed by atoms with van der Waals surface area (Å²) in [6, 6.07) is 11.9. The molecule has 0 fully saturated rings. The minimum absolute atomic E-state index is 0.117. The van der Waals surface area contributed by atoms with E-state index in [2.05, 4.69) is 10.2 Å². The van der Waals surface area contributed by atoms with Crippen molar-refractivity contribution in [3.8, 4) is 22.8 Å². The van der Waals surface area contributed by atoms with Crippen LogP contribution in [-0.2, 0) is 0 Å². The van der Waals surface area contributed by atoms with Crippen molar-refractivity contribution in [2.45, 2.75) is 26.3 Å². The summed E-state index contributed by atoms with van der Waals surface area (Å²) >= 11 is 0. The number of phenolic OH excluding ortho intramolecular Hbond substituents is 2. The highest BCUT2D eigenvalue weighted by molar-refractivity contribution is 6.00. The zero-order valence-electron chi connectivity index (χ0n) is 15.2. The van der Waals surface area contributed by atoms with E-state index < -0.39 is 0 Å². The smallest absolute Gasteiger partial charge is 0.273 e. The van der Waals surface area contributed by atoms with Crippen LogP contribution in [0.2, 0.25) is 0 Å². The molecule has 0 unspecified atom stereocenters. The topological polar surface area (TPSA) is 89.5 Å². The minimum Gasteiger partial charge on any atom is -0.508 e. The largest absolute Gasteiger partial charge is 0.508 e. The van der Waals surface area contributed by atoms with Crippen LogP contribution in [0.25, 0.3) is 11.3 Å². The first kappa shape index (κ1) is 17.1. The molecule has 1 amide bonds. The number of rotatable bonds is 4. The Bertz CT molecular complexity index is 1030. The first-order valence-corrected chi connectivity index (χ1v) is 8.99. The lowest BCUT2D eigenvalue weighted by atomic mass is 9.95. The van der Waals surface area contributed by atoms with Gasteiger partial charge in [0.25, 0.3) is 5.91 Å². The molecule has 138 valence electrons. The summed E-state index contributed by atoms with van der Waals surface area (Å²) in [4.78, 5) is 14.8. The monoisotopic (exact) mass is 363 g/mol. The summed E-state index contributed by atoms with van der Waals surface area (Å²) in [5, 5.41) is 27.6. The third-order valence-corrected chi connectivity index (χ3v) is 4.92. The summed E-state index contributed by atoms with van der Waals surface area (Å²) in [5.74, 6) is 0.144. The Morgan fingerprint density at radius 3 is 2.74 bits per heavy atom. The van der Waals surface area contributed by atoms with Gasteiger partial charge in [-0.15, -0.1) is 0 Å². The molecule has 2 heterocycles. The maximum absolute atomic E-state index is 13.0. The molecule has 0 bridgehead atoms. The molecule has 2 aromatic carbocycles. The molecule has 4 rings (SSSR count). The second kappa shape index (κ2) is 6.46. The van der Waals surface area contributed by atoms with Gasteiger partial charge in [0.15, 0.2) is 0 Å². The number of aromatic amines is 1. The third kappa shape index (κ3) is 2.73. The van der Waals surface area contributed by atoms with Crippen molar-refractivity contribution in [2.24, 2.45) is 0 Å². The predicted molar refractivity (Wildman–Crippen MR) is 102 cm³/mol. The number of hydrogen-bond acceptors (Lipinski definition) is 4. The molecule has 0 aliphatic carbocycles. The van der Waals surface area contributed by atoms with Crippen LogP contribution < -0.4 is 0 Å². The molecule has 0 spiro atoms. The number of nitrogens with zero attached hydrogens (tertiary/aromatic N) is 2. The molecule has 1 atom stereocenters. The molecule has 0 saturated carbocycles. The van der Waals surface area contributed by atoms with Crippen LogP contribution in [-0.4, -0.2) is 37.8 Å². The van der Waals surface area contributed by atoms with Gasteiger partial charge >= 0.3 is 0 Å². The van der Waals surface area contributed by atoms with Gasteiger partial charge < -0.3 is 15.1 Å². The van der Waals surface area contributed by atoms with Crippen molar-refractivity contribution in [3.05, 3.63) is 64.8 Å². The molecule has 0 saturated heterocycles. The molecule has 1 aliphatic heterocycles. The fraction of sp³-hybridized carbons (Fsp3) is 0.238. The third-order valence-electron chi connectivity index (χ3n) is 4.92. The number of aryl methyl sites for hydroxylation is 1. The van der Waals surface area contributed by atoms with Crippen molar-refractivity contribution in [2.75, 3.05) is 6.54 Å². The summed E-state index contributed by atoms with van der Waals surface area (Å²) in [6.45, 7) is 4.54. The molecule has 0 radical (unpaired) electrons. The highest BCUT2D eigenvalue weighted by atomic mass is 16.3. The summed E-state index contributed by atoms with van der Waals surface area (Å²) in [6.07, 6.45) is 0.809. The number of H-pyrrole nitrogens is 1. The van der Waals surface area contributed by atoms with Gasteiger partial charge in [0.2, 0.25) is 0 Å². The minimum atomic E-state index is -0.367. The molecule has 6 heteroatoms. The predicted octanol–water partition coefficient (Wildman–Crippen LogP) is 3.75. The van der Waals surface area contributed by atoms with E-state index in [1.165, 1.54) is 0 Å². The number of aromatic nitrogens is 2. The van der Waals surface area contributed by atoms with Gasteiger partial charge in [0, 0.05) is 17.7 Å². The highest BCUT2D eigenvalue weighted by Gasteiger charge is 2.42. The lowest BCUT2D eigenvalue weighted by molar-refractivity contribution is 0.0743. The SMILES string of the molecule is CCCN1C(=O)c2[nH]nc(-c3cc(C)ccc3O)c2[C@@H]1c1cccc(O)c1. The molecular weight excluding hydrogens is 342 g/mol. The number of aromatic hydroxyl groups is 2. The quantitative estimate of drug-likeness (QED) is 0.658. The standard InChI is InChI=1S/C21H21N3O3/c1-3-9-24-20(13-5-4-6-14(25)11-13)17-18(22-23-19(17)21(24)27)15-10-12(2)7-8-16(15)26/h4-8,10-11,20,25-26H,3,9H2,1-2H3,(H,22,23)/t20-/m0/s1. The fourth-order valence-electron chi connectivity index (χ4n) is 3.75. The molecule has 3 aromatic rings. The molecular formula is C21H21N3O3. The molecule has 1 aromatic heterocycles. The number of carbonyl (C=O) groups excluding carboxylic acids is 1. The second-order valence-electron chi connectivity index (χ2n) is 6.88. The number of benzene rings is 2. The van der Waals surface area contributed by atoms with Crippen LogP contribution in [0.1, 0.15) is 46.6 Å². The Labute approximate surface area is 157 Å². The Morgan fingerprint density at radius 2 is 2.00 bits per heavy atom. The Balaban J connectivity index is 1.94. The molecule has 27 heavy (non-hydrogen) atoms. The maximum atomic E-state index is 13.0. The van der Waals surface area contributed by atoms with E-state index in [9.17, 15) is 15.0 Å². The van der Waals surface area contributed by atoms with Gasteiger partial charge in [-0.3, -0.25) is 9.89 Å². The van der Waals surface area contributed by atoms with E-state index in [1.54, 1.807) is 29.2 Å². The number of fused-ring (bicyclic) bond motifs is 1. The molecule has 6 nitrogen and oxygen atoms in total. The van der Waals surface area contributed by atoms with Gasteiger partial charge in [-0.1, -0.05) is 30.7 Å². The van der Waals surface area contributed by atoms with E-state index in [4.69, 9.17) is 0 Å². The maximum Gasteiger partial charge on any atom is 0.273 e. The van der Waals surface area contributed by atoms with Gasteiger partial charge in [-0.05, 0) is 43.2 Å². The van der Waals surface area contributed by atoms with Crippen LogP contribution in [0.4, 0.5) is 0 Å². The average molecular weight is 363 g/mol. The van der Waals surface area contributed by atoms with Gasteiger partial charge in [0.1, 0.15) is 22.9 Å². The summed E-state index contributed by atoms with van der Waals surface area (Å²) in [5.41, 5.74) is 4.12. The first-order valence-electron chi connectivity index (χ1n) is 8.99. The summed E-state index contributed by atoms with van der Waals surface area (Å²) in [7, 11) is 0. The Kier molecular flexibility index (Phi) is 4.11. The molecule has 1 aliphatic rings. The Hall–Kier alpha value is -3.28. The van der Waals surface area contributed by atoms with Crippen molar-refractivity contribution < 1.29 is 15.0 Å². The lowest BCUT2D eigenvalue weighted by Crippen LogP contribution is -2.30. The Morgan fingerprint density at radius 1 is 1.19 bits per heavy atom. The average Bonchev–Trinajstić information content (AvgIpc) is 3.17. The van der Waals surface area contributed by atoms with Crippen LogP contribution in [0.15, 0.2) is 42.5 Å². The van der Waals surface area contributed by atoms with Crippen molar-refractivity contribution in [1.82, 2.24) is 15.1 Å². The zero-order chi connectivity index (χ0) is 19.1. The van der Waals surface area contributed by atoms with Crippen LogP contribution in [0.5, 0.6) is 11.5 Å². The number of phenols is 2. The number of carbonyl (C=O) groups is 1. The van der Waals surface area contributed by atoms with E-state index in [0.29, 0.717) is 23.5 Å². The van der Waals surface area contributed by atoms with Gasteiger partial charge in [-0.25, -0.2) is 0 Å². The van der Waals surface area contributed by atoms with Crippen molar-refractivity contribution in [3.63, 3.8) is 0 Å². The van der Waals surface area contributed by atoms with E-state index >= 15 is 0 Å². The molecule has 3 N–H and O–H groups in total. The van der Waals surface area contributed by atoms with E-state index in [-0.39, 0.29) is 23.4 Å². The number of nitrogens with one attached hydrogen (secondary N) is 1. The van der Waals surface area contributed by atoms with Crippen LogP contribution >= 0.6 is 0 Å². The van der Waals surface area contributed by atoms with Gasteiger partial charge in [0.05, 0.1) is 6.04 Å². The second-order valence-corrected chi connectivity index (χ2v) is 6.88. The van der Waals surface area contributed by atoms with Crippen LogP contribution in [0, 0.1) is 6.92 Å². The zero-order valence-corrected chi connectivity index (χ0v) is 15.2.